The van der Waals surface area contributed by atoms with Crippen LogP contribution in [0.4, 0.5) is 0 Å². The first-order valence-corrected chi connectivity index (χ1v) is 15.3. The van der Waals surface area contributed by atoms with Crippen LogP contribution in [0.1, 0.15) is 90.1 Å². The summed E-state index contributed by atoms with van der Waals surface area (Å²) in [6, 6.07) is 12.8. The summed E-state index contributed by atoms with van der Waals surface area (Å²) in [4.78, 5) is 0. The van der Waals surface area contributed by atoms with Crippen LogP contribution < -0.4 is 30.1 Å². The summed E-state index contributed by atoms with van der Waals surface area (Å²) >= 11 is 0. The fraction of sp³-hybridized carbons (Fsp3) is 0.486. The second-order valence-electron chi connectivity index (χ2n) is 13.9. The van der Waals surface area contributed by atoms with Gasteiger partial charge in [0.2, 0.25) is 0 Å². The van der Waals surface area contributed by atoms with E-state index in [-0.39, 0.29) is 16.2 Å². The molecular weight excluding hydrogens is 515 g/mol. The van der Waals surface area contributed by atoms with Crippen molar-refractivity contribution in [3.63, 3.8) is 0 Å². The Morgan fingerprint density at radius 2 is 0.925 bits per heavy atom. The average Bonchev–Trinajstić information content (AvgIpc) is 2.82. The summed E-state index contributed by atoms with van der Waals surface area (Å²) in [5.74, 6) is 2.71. The molecule has 3 aromatic carbocycles. The lowest BCUT2D eigenvalue weighted by Crippen LogP contribution is -2.29. The number of hydrogen-bond acceptors (Lipinski definition) is 4. The molecule has 0 aliphatic rings. The van der Waals surface area contributed by atoms with Crippen LogP contribution in [0.5, 0.6) is 23.0 Å². The molecule has 1 N–H and O–H groups in total. The second kappa shape index (κ2) is 11.3. The molecule has 0 fully saturated rings. The van der Waals surface area contributed by atoms with Gasteiger partial charge in [-0.15, -0.1) is 0 Å². The van der Waals surface area contributed by atoms with Crippen molar-refractivity contribution < 1.29 is 19.3 Å². The van der Waals surface area contributed by atoms with Crippen molar-refractivity contribution in [2.75, 3.05) is 21.3 Å². The largest absolute Gasteiger partial charge is 0.507 e. The minimum absolute atomic E-state index is 0.145. The van der Waals surface area contributed by atoms with Gasteiger partial charge in [-0.2, -0.15) is 0 Å². The molecule has 0 spiro atoms. The highest BCUT2D eigenvalue weighted by Crippen LogP contribution is 2.49. The molecule has 0 bridgehead atoms. The molecule has 0 heterocycles. The van der Waals surface area contributed by atoms with E-state index in [9.17, 15) is 5.11 Å². The van der Waals surface area contributed by atoms with Crippen molar-refractivity contribution >= 4 is 23.8 Å². The number of aryl methyl sites for hydroxylation is 2. The lowest BCUT2D eigenvalue weighted by Gasteiger charge is -2.32. The van der Waals surface area contributed by atoms with Crippen LogP contribution in [0, 0.1) is 13.8 Å². The predicted molar refractivity (Wildman–Crippen MR) is 172 cm³/mol. The summed E-state index contributed by atoms with van der Waals surface area (Å²) in [6.07, 6.45) is 0. The zero-order chi connectivity index (χ0) is 30.4. The molecule has 40 heavy (non-hydrogen) atoms. The van der Waals surface area contributed by atoms with Gasteiger partial charge < -0.3 is 19.3 Å². The van der Waals surface area contributed by atoms with Crippen molar-refractivity contribution in [1.82, 2.24) is 0 Å². The van der Waals surface area contributed by atoms with Crippen LogP contribution in [0.2, 0.25) is 0 Å². The number of rotatable bonds is 6. The van der Waals surface area contributed by atoms with Gasteiger partial charge in [0.05, 0.1) is 21.3 Å². The zero-order valence-electron chi connectivity index (χ0n) is 27.1. The Bertz CT molecular complexity index is 1310. The lowest BCUT2D eigenvalue weighted by molar-refractivity contribution is 0.400. The summed E-state index contributed by atoms with van der Waals surface area (Å²) in [5, 5.41) is 15.0. The molecule has 0 aliphatic carbocycles. The van der Waals surface area contributed by atoms with Crippen molar-refractivity contribution in [3.8, 4) is 23.0 Å². The number of benzene rings is 3. The van der Waals surface area contributed by atoms with Crippen LogP contribution in [0.3, 0.4) is 0 Å². The van der Waals surface area contributed by atoms with E-state index in [0.29, 0.717) is 5.75 Å². The van der Waals surface area contributed by atoms with Gasteiger partial charge in [0.1, 0.15) is 23.0 Å². The number of phenolic OH excluding ortho intramolecular Hbond substituents is 1. The molecule has 4 nitrogen and oxygen atoms in total. The van der Waals surface area contributed by atoms with Crippen LogP contribution in [0.25, 0.3) is 0 Å². The number of aromatic hydroxyl groups is 1. The number of hydrogen-bond donors (Lipinski definition) is 1. The molecule has 0 saturated carbocycles. The third kappa shape index (κ3) is 6.28. The van der Waals surface area contributed by atoms with Crippen LogP contribution in [-0.4, -0.2) is 26.4 Å². The maximum atomic E-state index is 12.0. The Morgan fingerprint density at radius 3 is 1.25 bits per heavy atom. The molecule has 0 aromatic heterocycles. The van der Waals surface area contributed by atoms with E-state index in [0.717, 1.165) is 61.0 Å². The fourth-order valence-electron chi connectivity index (χ4n) is 5.23. The minimum Gasteiger partial charge on any atom is -0.507 e. The van der Waals surface area contributed by atoms with Gasteiger partial charge in [-0.05, 0) is 73.4 Å². The van der Waals surface area contributed by atoms with Gasteiger partial charge >= 0.3 is 0 Å². The molecule has 0 saturated heterocycles. The predicted octanol–water partition coefficient (Wildman–Crippen LogP) is 7.69. The van der Waals surface area contributed by atoms with Gasteiger partial charge in [0.25, 0.3) is 0 Å². The Morgan fingerprint density at radius 1 is 0.525 bits per heavy atom. The van der Waals surface area contributed by atoms with Crippen LogP contribution >= 0.6 is 7.92 Å². The highest BCUT2D eigenvalue weighted by molar-refractivity contribution is 7.80. The molecule has 218 valence electrons. The first kappa shape index (κ1) is 31.8. The van der Waals surface area contributed by atoms with Gasteiger partial charge in [-0.3, -0.25) is 0 Å². The van der Waals surface area contributed by atoms with Gasteiger partial charge in [-0.1, -0.05) is 74.4 Å². The molecule has 0 amide bonds. The highest BCUT2D eigenvalue weighted by Gasteiger charge is 2.35. The quantitative estimate of drug-likeness (QED) is 0.312. The van der Waals surface area contributed by atoms with E-state index >= 15 is 0 Å². The highest BCUT2D eigenvalue weighted by atomic mass is 31.1. The van der Waals surface area contributed by atoms with E-state index < -0.39 is 7.92 Å². The molecule has 0 aliphatic heterocycles. The van der Waals surface area contributed by atoms with Gasteiger partial charge in [0, 0.05) is 32.6 Å². The third-order valence-electron chi connectivity index (χ3n) is 7.28. The summed E-state index contributed by atoms with van der Waals surface area (Å²) in [5.41, 5.74) is 4.83. The molecule has 0 unspecified atom stereocenters. The van der Waals surface area contributed by atoms with Crippen molar-refractivity contribution in [1.29, 1.82) is 0 Å². The molecule has 5 heteroatoms. The van der Waals surface area contributed by atoms with Crippen molar-refractivity contribution in [2.24, 2.45) is 0 Å². The van der Waals surface area contributed by atoms with E-state index in [2.05, 4.69) is 100 Å². The molecule has 3 aromatic rings. The first-order valence-electron chi connectivity index (χ1n) is 13.9. The lowest BCUT2D eigenvalue weighted by atomic mass is 9.85. The van der Waals surface area contributed by atoms with E-state index in [4.69, 9.17) is 14.2 Å². The average molecular weight is 565 g/mol. The second-order valence-corrected chi connectivity index (χ2v) is 16.0. The van der Waals surface area contributed by atoms with Crippen molar-refractivity contribution in [3.05, 3.63) is 64.2 Å². The van der Waals surface area contributed by atoms with E-state index in [1.165, 1.54) is 0 Å². The number of methoxy groups -OCH3 is 3. The van der Waals surface area contributed by atoms with Crippen LogP contribution in [-0.2, 0) is 16.2 Å². The topological polar surface area (TPSA) is 47.9 Å². The Labute approximate surface area is 243 Å². The Balaban J connectivity index is 2.65. The standard InChI is InChI=1S/C35H49O4P/c1-21-15-25(34(6,7)8)31(38-13)28(17-21)40(27-20-23(37-12)19-24(30(27)36)33(3,4)5)29-18-22(2)16-26(32(29)39-14)35(9,10)11/h15-20,36H,1-14H3. The zero-order valence-corrected chi connectivity index (χ0v) is 28.0. The monoisotopic (exact) mass is 564 g/mol. The normalized spacial score (nSPS) is 12.6. The minimum atomic E-state index is -1.34. The summed E-state index contributed by atoms with van der Waals surface area (Å²) in [7, 11) is 3.83. The van der Waals surface area contributed by atoms with Crippen molar-refractivity contribution in [2.45, 2.75) is 92.4 Å². The maximum absolute atomic E-state index is 12.0. The Hall–Kier alpha value is -2.71. The molecule has 0 atom stereocenters. The summed E-state index contributed by atoms with van der Waals surface area (Å²) < 4.78 is 18.3. The van der Waals surface area contributed by atoms with E-state index in [1.54, 1.807) is 21.3 Å². The molecule has 3 rings (SSSR count). The summed E-state index contributed by atoms with van der Waals surface area (Å²) in [6.45, 7) is 23.9. The fourth-order valence-corrected chi connectivity index (χ4v) is 8.09. The molecular formula is C35H49O4P. The third-order valence-corrected chi connectivity index (χ3v) is 9.73. The van der Waals surface area contributed by atoms with E-state index in [1.807, 2.05) is 12.1 Å². The van der Waals surface area contributed by atoms with Gasteiger partial charge in [0.15, 0.2) is 0 Å². The van der Waals surface area contributed by atoms with Gasteiger partial charge in [-0.25, -0.2) is 0 Å². The Kier molecular flexibility index (Phi) is 8.97. The molecule has 0 radical (unpaired) electrons. The van der Waals surface area contributed by atoms with Crippen LogP contribution in [0.15, 0.2) is 36.4 Å². The first-order chi connectivity index (χ1) is 18.3. The number of phenols is 1. The SMILES string of the molecule is COc1cc(P(c2cc(C)cc(C(C)(C)C)c2OC)c2cc(C)cc(C(C)(C)C)c2OC)c(O)c(C(C)(C)C)c1. The number of ether oxygens (including phenoxy) is 3. The smallest absolute Gasteiger partial charge is 0.130 e. The maximum Gasteiger partial charge on any atom is 0.130 e.